The highest BCUT2D eigenvalue weighted by atomic mass is 35.5. The lowest BCUT2D eigenvalue weighted by molar-refractivity contribution is 0.374. The summed E-state index contributed by atoms with van der Waals surface area (Å²) in [6.45, 7) is 0.987. The highest BCUT2D eigenvalue weighted by Gasteiger charge is 2.22. The highest BCUT2D eigenvalue weighted by Crippen LogP contribution is 2.29. The Hall–Kier alpha value is -1.11. The van der Waals surface area contributed by atoms with Gasteiger partial charge in [0.25, 0.3) is 5.22 Å². The highest BCUT2D eigenvalue weighted by molar-refractivity contribution is 7.98. The van der Waals surface area contributed by atoms with Crippen LogP contribution in [0, 0.1) is 5.82 Å². The van der Waals surface area contributed by atoms with Crippen molar-refractivity contribution in [2.75, 3.05) is 6.54 Å². The minimum absolute atomic E-state index is 0.172. The molecule has 0 radical (unpaired) electrons. The Morgan fingerprint density at radius 3 is 3.10 bits per heavy atom. The molecule has 3 rings (SSSR count). The van der Waals surface area contributed by atoms with Crippen molar-refractivity contribution in [2.45, 2.75) is 29.9 Å². The third kappa shape index (κ3) is 3.13. The summed E-state index contributed by atoms with van der Waals surface area (Å²) < 4.78 is 18.6. The van der Waals surface area contributed by atoms with Gasteiger partial charge in [0.2, 0.25) is 5.89 Å². The summed E-state index contributed by atoms with van der Waals surface area (Å²) >= 11 is 7.37. The van der Waals surface area contributed by atoms with Crippen LogP contribution in [0.15, 0.2) is 27.8 Å². The molecule has 1 N–H and O–H groups in total. The summed E-state index contributed by atoms with van der Waals surface area (Å²) in [4.78, 5) is 0. The van der Waals surface area contributed by atoms with Crippen molar-refractivity contribution in [3.8, 4) is 0 Å². The van der Waals surface area contributed by atoms with E-state index in [0.717, 1.165) is 24.9 Å². The van der Waals surface area contributed by atoms with Crippen LogP contribution in [0.4, 0.5) is 4.39 Å². The Morgan fingerprint density at radius 2 is 2.35 bits per heavy atom. The molecule has 2 aromatic rings. The molecule has 1 aromatic heterocycles. The molecular formula is C13H13ClFN3OS. The van der Waals surface area contributed by atoms with Gasteiger partial charge < -0.3 is 9.73 Å². The third-order valence-electron chi connectivity index (χ3n) is 3.15. The Bertz CT molecular complexity index is 601. The number of nitrogens with one attached hydrogen (secondary N) is 1. The SMILES string of the molecule is Fc1ccc(CSc2nnc(C3CCCN3)o2)c(Cl)c1. The molecule has 1 fully saturated rings. The first-order valence-corrected chi connectivity index (χ1v) is 7.72. The average Bonchev–Trinajstić information content (AvgIpc) is 3.08. The van der Waals surface area contributed by atoms with Crippen molar-refractivity contribution in [3.05, 3.63) is 40.5 Å². The lowest BCUT2D eigenvalue weighted by Gasteiger charge is -2.03. The Kier molecular flexibility index (Phi) is 4.24. The van der Waals surface area contributed by atoms with E-state index in [-0.39, 0.29) is 11.9 Å². The van der Waals surface area contributed by atoms with E-state index < -0.39 is 0 Å². The van der Waals surface area contributed by atoms with Gasteiger partial charge in [0, 0.05) is 10.8 Å². The van der Waals surface area contributed by atoms with Gasteiger partial charge in [-0.15, -0.1) is 10.2 Å². The van der Waals surface area contributed by atoms with E-state index in [1.165, 1.54) is 23.9 Å². The fraction of sp³-hybridized carbons (Fsp3) is 0.385. The molecule has 0 bridgehead atoms. The van der Waals surface area contributed by atoms with Crippen molar-refractivity contribution in [1.82, 2.24) is 15.5 Å². The number of hydrogen-bond acceptors (Lipinski definition) is 5. The standard InChI is InChI=1S/C13H13ClFN3OS/c14-10-6-9(15)4-3-8(10)7-20-13-18-17-12(19-13)11-2-1-5-16-11/h3-4,6,11,16H,1-2,5,7H2. The van der Waals surface area contributed by atoms with Gasteiger partial charge in [-0.1, -0.05) is 29.4 Å². The third-order valence-corrected chi connectivity index (χ3v) is 4.37. The fourth-order valence-electron chi connectivity index (χ4n) is 2.09. The smallest absolute Gasteiger partial charge is 0.276 e. The summed E-state index contributed by atoms with van der Waals surface area (Å²) in [5.74, 6) is 0.866. The summed E-state index contributed by atoms with van der Waals surface area (Å²) in [7, 11) is 0. The van der Waals surface area contributed by atoms with Crippen molar-refractivity contribution < 1.29 is 8.81 Å². The van der Waals surface area contributed by atoms with E-state index in [1.54, 1.807) is 6.07 Å². The summed E-state index contributed by atoms with van der Waals surface area (Å²) in [6, 6.07) is 4.54. The maximum absolute atomic E-state index is 12.9. The van der Waals surface area contributed by atoms with Gasteiger partial charge in [0.1, 0.15) is 5.82 Å². The molecule has 1 unspecified atom stereocenters. The Morgan fingerprint density at radius 1 is 1.45 bits per heavy atom. The number of hydrogen-bond donors (Lipinski definition) is 1. The van der Waals surface area contributed by atoms with Crippen LogP contribution in [0.2, 0.25) is 5.02 Å². The molecule has 2 heterocycles. The second-order valence-electron chi connectivity index (χ2n) is 4.58. The second-order valence-corrected chi connectivity index (χ2v) is 5.91. The topological polar surface area (TPSA) is 51.0 Å². The number of aromatic nitrogens is 2. The molecule has 1 aliphatic heterocycles. The van der Waals surface area contributed by atoms with Crippen LogP contribution in [0.25, 0.3) is 0 Å². The van der Waals surface area contributed by atoms with Crippen molar-refractivity contribution in [3.63, 3.8) is 0 Å². The lowest BCUT2D eigenvalue weighted by Crippen LogP contribution is -2.12. The first kappa shape index (κ1) is 13.9. The number of benzene rings is 1. The lowest BCUT2D eigenvalue weighted by atomic mass is 10.2. The van der Waals surface area contributed by atoms with E-state index in [2.05, 4.69) is 15.5 Å². The number of thioether (sulfide) groups is 1. The second kappa shape index (κ2) is 6.11. The molecule has 0 amide bonds. The van der Waals surface area contributed by atoms with Crippen molar-refractivity contribution >= 4 is 23.4 Å². The molecule has 20 heavy (non-hydrogen) atoms. The largest absolute Gasteiger partial charge is 0.414 e. The summed E-state index contributed by atoms with van der Waals surface area (Å²) in [5, 5.41) is 12.3. The average molecular weight is 314 g/mol. The maximum Gasteiger partial charge on any atom is 0.276 e. The number of rotatable bonds is 4. The number of halogens is 2. The number of nitrogens with zero attached hydrogens (tertiary/aromatic N) is 2. The van der Waals surface area contributed by atoms with Gasteiger partial charge >= 0.3 is 0 Å². The summed E-state index contributed by atoms with van der Waals surface area (Å²) in [5.41, 5.74) is 0.844. The molecule has 1 aliphatic rings. The van der Waals surface area contributed by atoms with Crippen LogP contribution in [0.1, 0.15) is 30.3 Å². The van der Waals surface area contributed by atoms with E-state index >= 15 is 0 Å². The molecule has 1 aromatic carbocycles. The first-order valence-electron chi connectivity index (χ1n) is 6.36. The van der Waals surface area contributed by atoms with E-state index in [9.17, 15) is 4.39 Å². The van der Waals surface area contributed by atoms with Crippen LogP contribution >= 0.6 is 23.4 Å². The molecule has 4 nitrogen and oxygen atoms in total. The maximum atomic E-state index is 12.9. The van der Waals surface area contributed by atoms with E-state index in [4.69, 9.17) is 16.0 Å². The van der Waals surface area contributed by atoms with Crippen LogP contribution in [-0.2, 0) is 5.75 Å². The van der Waals surface area contributed by atoms with Crippen LogP contribution in [0.3, 0.4) is 0 Å². The molecule has 7 heteroatoms. The molecule has 0 saturated carbocycles. The van der Waals surface area contributed by atoms with Gasteiger partial charge in [-0.05, 0) is 37.1 Å². The monoisotopic (exact) mass is 313 g/mol. The quantitative estimate of drug-likeness (QED) is 0.874. The van der Waals surface area contributed by atoms with Gasteiger partial charge in [-0.2, -0.15) is 0 Å². The molecule has 1 atom stereocenters. The van der Waals surface area contributed by atoms with E-state index in [1.807, 2.05) is 0 Å². The normalized spacial score (nSPS) is 18.6. The van der Waals surface area contributed by atoms with Crippen LogP contribution in [0.5, 0.6) is 0 Å². The Labute approximate surface area is 125 Å². The minimum atomic E-state index is -0.337. The van der Waals surface area contributed by atoms with Crippen LogP contribution in [-0.4, -0.2) is 16.7 Å². The Balaban J connectivity index is 1.63. The molecular weight excluding hydrogens is 301 g/mol. The zero-order valence-corrected chi connectivity index (χ0v) is 12.2. The molecule has 0 aliphatic carbocycles. The van der Waals surface area contributed by atoms with Gasteiger partial charge in [0.05, 0.1) is 6.04 Å². The predicted octanol–water partition coefficient (Wildman–Crippen LogP) is 3.58. The predicted molar refractivity (Wildman–Crippen MR) is 75.2 cm³/mol. The summed E-state index contributed by atoms with van der Waals surface area (Å²) in [6.07, 6.45) is 2.15. The zero-order chi connectivity index (χ0) is 13.9. The van der Waals surface area contributed by atoms with Crippen molar-refractivity contribution in [2.24, 2.45) is 0 Å². The molecule has 106 valence electrons. The van der Waals surface area contributed by atoms with Crippen molar-refractivity contribution in [1.29, 1.82) is 0 Å². The fourth-order valence-corrected chi connectivity index (χ4v) is 3.18. The first-order chi connectivity index (χ1) is 9.72. The van der Waals surface area contributed by atoms with Gasteiger partial charge in [-0.25, -0.2) is 4.39 Å². The molecule has 0 spiro atoms. The zero-order valence-electron chi connectivity index (χ0n) is 10.6. The minimum Gasteiger partial charge on any atom is -0.414 e. The van der Waals surface area contributed by atoms with Gasteiger partial charge in [0.15, 0.2) is 0 Å². The van der Waals surface area contributed by atoms with E-state index in [0.29, 0.717) is 21.9 Å². The van der Waals surface area contributed by atoms with Gasteiger partial charge in [-0.3, -0.25) is 0 Å². The molecule has 1 saturated heterocycles. The van der Waals surface area contributed by atoms with Crippen LogP contribution < -0.4 is 5.32 Å².